The van der Waals surface area contributed by atoms with E-state index in [0.717, 1.165) is 0 Å². The van der Waals surface area contributed by atoms with Crippen molar-refractivity contribution in [2.45, 2.75) is 0 Å². The summed E-state index contributed by atoms with van der Waals surface area (Å²) in [5.41, 5.74) is 11.0. The molecule has 206 valence electrons. The first kappa shape index (κ1) is 25.1. The van der Waals surface area contributed by atoms with Crippen LogP contribution in [0.5, 0.6) is 0 Å². The lowest BCUT2D eigenvalue weighted by atomic mass is 9.98. The fourth-order valence-corrected chi connectivity index (χ4v) is 7.85. The number of thiophene rings is 1. The summed E-state index contributed by atoms with van der Waals surface area (Å²) in [7, 11) is 0. The Morgan fingerprint density at radius 2 is 0.932 bits per heavy atom. The van der Waals surface area contributed by atoms with Crippen LogP contribution in [0.25, 0.3) is 81.0 Å². The van der Waals surface area contributed by atoms with Crippen LogP contribution in [0.2, 0.25) is 0 Å². The second kappa shape index (κ2) is 10.1. The molecule has 1 nitrogen and oxygen atoms in total. The summed E-state index contributed by atoms with van der Waals surface area (Å²) < 4.78 is 5.10. The summed E-state index contributed by atoms with van der Waals surface area (Å²) in [5.74, 6) is 0. The van der Waals surface area contributed by atoms with E-state index in [9.17, 15) is 0 Å². The van der Waals surface area contributed by atoms with E-state index in [-0.39, 0.29) is 0 Å². The van der Waals surface area contributed by atoms with E-state index in [1.54, 1.807) is 0 Å². The molecule has 2 heterocycles. The van der Waals surface area contributed by atoms with Crippen molar-refractivity contribution < 1.29 is 0 Å². The SMILES string of the molecule is c1ccc(-c2ccc3c(c2)c2ccccc2n3-c2ccccc2-c2ccc(-c3ccc4c(c3)sc3ccccc34)cc2)cc1. The number of fused-ring (bicyclic) bond motifs is 6. The Bertz CT molecular complexity index is 2480. The van der Waals surface area contributed by atoms with Gasteiger partial charge in [0.25, 0.3) is 0 Å². The van der Waals surface area contributed by atoms with Gasteiger partial charge in [-0.1, -0.05) is 127 Å². The Morgan fingerprint density at radius 1 is 0.341 bits per heavy atom. The van der Waals surface area contributed by atoms with E-state index >= 15 is 0 Å². The molecule has 0 radical (unpaired) electrons. The number of nitrogens with zero attached hydrogens (tertiary/aromatic N) is 1. The maximum Gasteiger partial charge on any atom is 0.0541 e. The van der Waals surface area contributed by atoms with Gasteiger partial charge in [0.2, 0.25) is 0 Å². The molecule has 0 saturated heterocycles. The van der Waals surface area contributed by atoms with Crippen LogP contribution < -0.4 is 0 Å². The Kier molecular flexibility index (Phi) is 5.75. The third-order valence-corrected chi connectivity index (χ3v) is 9.97. The first-order chi connectivity index (χ1) is 21.8. The predicted octanol–water partition coefficient (Wildman–Crippen LogP) is 12.2. The largest absolute Gasteiger partial charge is 0.309 e. The van der Waals surface area contributed by atoms with Crippen LogP contribution in [0.3, 0.4) is 0 Å². The van der Waals surface area contributed by atoms with E-state index in [2.05, 4.69) is 168 Å². The molecule has 7 aromatic carbocycles. The third-order valence-electron chi connectivity index (χ3n) is 8.83. The highest BCUT2D eigenvalue weighted by Crippen LogP contribution is 2.39. The lowest BCUT2D eigenvalue weighted by Gasteiger charge is -2.14. The molecule has 2 heteroatoms. The Hall–Kier alpha value is -5.44. The molecule has 0 bridgehead atoms. The number of benzene rings is 7. The topological polar surface area (TPSA) is 4.93 Å². The molecule has 0 fully saturated rings. The van der Waals surface area contributed by atoms with Crippen molar-refractivity contribution in [3.63, 3.8) is 0 Å². The normalized spacial score (nSPS) is 11.6. The maximum absolute atomic E-state index is 2.43. The summed E-state index contributed by atoms with van der Waals surface area (Å²) in [5, 5.41) is 5.21. The first-order valence-corrected chi connectivity index (χ1v) is 15.8. The molecule has 0 amide bonds. The lowest BCUT2D eigenvalue weighted by Crippen LogP contribution is -1.97. The second-order valence-corrected chi connectivity index (χ2v) is 12.4. The smallest absolute Gasteiger partial charge is 0.0541 e. The molecule has 9 aromatic rings. The van der Waals surface area contributed by atoms with Gasteiger partial charge in [0.15, 0.2) is 0 Å². The molecule has 2 aromatic heterocycles. The van der Waals surface area contributed by atoms with Crippen molar-refractivity contribution >= 4 is 53.3 Å². The van der Waals surface area contributed by atoms with E-state index in [1.807, 2.05) is 11.3 Å². The van der Waals surface area contributed by atoms with Gasteiger partial charge in [-0.2, -0.15) is 0 Å². The van der Waals surface area contributed by atoms with Gasteiger partial charge in [0.1, 0.15) is 0 Å². The Morgan fingerprint density at radius 3 is 1.82 bits per heavy atom. The summed E-state index contributed by atoms with van der Waals surface area (Å²) in [4.78, 5) is 0. The summed E-state index contributed by atoms with van der Waals surface area (Å²) in [6, 6.07) is 59.7. The van der Waals surface area contributed by atoms with Crippen molar-refractivity contribution in [3.05, 3.63) is 164 Å². The van der Waals surface area contributed by atoms with Gasteiger partial charge in [0, 0.05) is 36.5 Å². The molecule has 9 rings (SSSR count). The van der Waals surface area contributed by atoms with Gasteiger partial charge < -0.3 is 4.57 Å². The van der Waals surface area contributed by atoms with E-state index in [0.29, 0.717) is 0 Å². The van der Waals surface area contributed by atoms with E-state index in [4.69, 9.17) is 0 Å². The van der Waals surface area contributed by atoms with Crippen molar-refractivity contribution in [3.8, 4) is 39.1 Å². The van der Waals surface area contributed by atoms with Gasteiger partial charge in [-0.15, -0.1) is 11.3 Å². The minimum atomic E-state index is 1.19. The fraction of sp³-hybridized carbons (Fsp3) is 0. The second-order valence-electron chi connectivity index (χ2n) is 11.4. The van der Waals surface area contributed by atoms with Gasteiger partial charge in [-0.25, -0.2) is 0 Å². The lowest BCUT2D eigenvalue weighted by molar-refractivity contribution is 1.18. The molecule has 0 atom stereocenters. The van der Waals surface area contributed by atoms with Crippen LogP contribution in [0.4, 0.5) is 0 Å². The van der Waals surface area contributed by atoms with Crippen molar-refractivity contribution in [1.82, 2.24) is 4.57 Å². The molecule has 0 unspecified atom stereocenters. The fourth-order valence-electron chi connectivity index (χ4n) is 6.70. The van der Waals surface area contributed by atoms with Gasteiger partial charge in [-0.3, -0.25) is 0 Å². The molecule has 0 saturated carbocycles. The quantitative estimate of drug-likeness (QED) is 0.196. The molecular weight excluding hydrogens is 551 g/mol. The highest BCUT2D eigenvalue weighted by atomic mass is 32.1. The zero-order chi connectivity index (χ0) is 29.0. The molecule has 0 aliphatic carbocycles. The van der Waals surface area contributed by atoms with Crippen LogP contribution in [0.15, 0.2) is 164 Å². The van der Waals surface area contributed by atoms with Crippen LogP contribution in [0, 0.1) is 0 Å². The number of rotatable bonds is 4. The molecular formula is C42H27NS. The molecule has 0 spiro atoms. The van der Waals surface area contributed by atoms with Gasteiger partial charge in [0.05, 0.1) is 16.7 Å². The predicted molar refractivity (Wildman–Crippen MR) is 190 cm³/mol. The first-order valence-electron chi connectivity index (χ1n) is 15.0. The van der Waals surface area contributed by atoms with Crippen molar-refractivity contribution in [2.75, 3.05) is 0 Å². The maximum atomic E-state index is 2.43. The molecule has 44 heavy (non-hydrogen) atoms. The van der Waals surface area contributed by atoms with Crippen LogP contribution in [-0.2, 0) is 0 Å². The number of hydrogen-bond acceptors (Lipinski definition) is 1. The van der Waals surface area contributed by atoms with Gasteiger partial charge >= 0.3 is 0 Å². The Balaban J connectivity index is 1.15. The third kappa shape index (κ3) is 4.00. The van der Waals surface area contributed by atoms with Crippen LogP contribution in [0.1, 0.15) is 0 Å². The standard InChI is InChI=1S/C42H27NS/c1-2-10-28(11-3-1)31-23-25-40-37(26-31)34-13-5-8-16-39(34)43(40)38-15-7-4-12-33(38)30-20-18-29(19-21-30)32-22-24-36-35-14-6-9-17-41(35)44-42(36)27-32/h1-27H. The molecule has 0 N–H and O–H groups in total. The zero-order valence-electron chi connectivity index (χ0n) is 23.9. The zero-order valence-corrected chi connectivity index (χ0v) is 24.8. The number of aromatic nitrogens is 1. The summed E-state index contributed by atoms with van der Waals surface area (Å²) in [6.45, 7) is 0. The number of para-hydroxylation sites is 2. The van der Waals surface area contributed by atoms with Gasteiger partial charge in [-0.05, 0) is 64.2 Å². The van der Waals surface area contributed by atoms with E-state index in [1.165, 1.54) is 81.0 Å². The van der Waals surface area contributed by atoms with Crippen molar-refractivity contribution in [2.24, 2.45) is 0 Å². The summed E-state index contributed by atoms with van der Waals surface area (Å²) in [6.07, 6.45) is 0. The molecule has 0 aliphatic heterocycles. The minimum Gasteiger partial charge on any atom is -0.309 e. The van der Waals surface area contributed by atoms with Crippen molar-refractivity contribution in [1.29, 1.82) is 0 Å². The highest BCUT2D eigenvalue weighted by Gasteiger charge is 2.16. The summed E-state index contributed by atoms with van der Waals surface area (Å²) >= 11 is 1.87. The number of hydrogen-bond donors (Lipinski definition) is 0. The van der Waals surface area contributed by atoms with Crippen LogP contribution >= 0.6 is 11.3 Å². The van der Waals surface area contributed by atoms with E-state index < -0.39 is 0 Å². The molecule has 0 aliphatic rings. The highest BCUT2D eigenvalue weighted by molar-refractivity contribution is 7.25. The Labute approximate surface area is 259 Å². The average molecular weight is 578 g/mol. The monoisotopic (exact) mass is 577 g/mol. The van der Waals surface area contributed by atoms with Crippen LogP contribution in [-0.4, -0.2) is 4.57 Å². The average Bonchev–Trinajstić information content (AvgIpc) is 3.64. The minimum absolute atomic E-state index is 1.19.